The van der Waals surface area contributed by atoms with Gasteiger partial charge in [0.1, 0.15) is 24.1 Å². The third-order valence-electron chi connectivity index (χ3n) is 5.25. The van der Waals surface area contributed by atoms with E-state index in [1.54, 1.807) is 51.1 Å². The van der Waals surface area contributed by atoms with Gasteiger partial charge < -0.3 is 25.6 Å². The number of ether oxygens (including phenoxy) is 2. The van der Waals surface area contributed by atoms with E-state index < -0.39 is 54.1 Å². The molecule has 0 aliphatic heterocycles. The lowest BCUT2D eigenvalue weighted by molar-refractivity contribution is -0.130. The summed E-state index contributed by atoms with van der Waals surface area (Å²) in [4.78, 5) is 37.1. The van der Waals surface area contributed by atoms with Crippen molar-refractivity contribution in [1.29, 1.82) is 0 Å². The van der Waals surface area contributed by atoms with Crippen LogP contribution in [0.15, 0.2) is 54.6 Å². The Bertz CT molecular complexity index is 1060. The first kappa shape index (κ1) is 29.7. The number of carbonyl (C=O) groups is 3. The number of rotatable bonds is 10. The zero-order valence-corrected chi connectivity index (χ0v) is 21.2. The van der Waals surface area contributed by atoms with Crippen LogP contribution in [-0.2, 0) is 20.9 Å². The molecule has 0 saturated heterocycles. The molecule has 2 rings (SSSR count). The van der Waals surface area contributed by atoms with Crippen molar-refractivity contribution in [2.75, 3.05) is 11.9 Å². The summed E-state index contributed by atoms with van der Waals surface area (Å²) in [6, 6.07) is 12.6. The van der Waals surface area contributed by atoms with Gasteiger partial charge in [0.2, 0.25) is 0 Å². The van der Waals surface area contributed by atoms with Crippen molar-refractivity contribution in [2.45, 2.75) is 63.9 Å². The van der Waals surface area contributed by atoms with Crippen LogP contribution in [-0.4, -0.2) is 53.3 Å². The van der Waals surface area contributed by atoms with Crippen molar-refractivity contribution in [3.63, 3.8) is 0 Å². The summed E-state index contributed by atoms with van der Waals surface area (Å²) in [5.41, 5.74) is 5.61. The molecule has 3 atom stereocenters. The van der Waals surface area contributed by atoms with Crippen LogP contribution in [0.2, 0.25) is 0 Å². The average molecular weight is 522 g/mol. The molecule has 3 unspecified atom stereocenters. The summed E-state index contributed by atoms with van der Waals surface area (Å²) >= 11 is 0. The highest BCUT2D eigenvalue weighted by molar-refractivity contribution is 5.87. The predicted molar refractivity (Wildman–Crippen MR) is 133 cm³/mol. The largest absolute Gasteiger partial charge is 0.445 e. The van der Waals surface area contributed by atoms with Crippen molar-refractivity contribution in [3.05, 3.63) is 65.7 Å². The first-order valence-electron chi connectivity index (χ1n) is 11.6. The molecule has 0 saturated carbocycles. The lowest BCUT2D eigenvalue weighted by atomic mass is 9.83. The number of hydrogen-bond acceptors (Lipinski definition) is 7. The number of alkyl carbamates (subject to hydrolysis) is 1. The third kappa shape index (κ3) is 9.10. The molecule has 0 spiro atoms. The molecule has 0 aliphatic rings. The van der Waals surface area contributed by atoms with Crippen molar-refractivity contribution >= 4 is 23.7 Å². The van der Waals surface area contributed by atoms with Crippen molar-refractivity contribution in [2.24, 2.45) is 5.73 Å². The summed E-state index contributed by atoms with van der Waals surface area (Å²) in [6.07, 6.45) is -4.31. The van der Waals surface area contributed by atoms with Gasteiger partial charge in [0.25, 0.3) is 5.92 Å². The molecular formula is C26H33F2N3O6. The maximum atomic E-state index is 14.4. The smallest absolute Gasteiger partial charge is 0.412 e. The van der Waals surface area contributed by atoms with E-state index in [-0.39, 0.29) is 12.2 Å². The summed E-state index contributed by atoms with van der Waals surface area (Å²) in [5.74, 6) is -5.80. The number of ketones is 1. The van der Waals surface area contributed by atoms with E-state index in [1.165, 1.54) is 24.3 Å². The van der Waals surface area contributed by atoms with Gasteiger partial charge in [-0.1, -0.05) is 42.5 Å². The van der Waals surface area contributed by atoms with Gasteiger partial charge in [0.15, 0.2) is 0 Å². The van der Waals surface area contributed by atoms with Gasteiger partial charge in [-0.2, -0.15) is 0 Å². The third-order valence-corrected chi connectivity index (χ3v) is 5.25. The summed E-state index contributed by atoms with van der Waals surface area (Å²) in [5, 5.41) is 15.3. The van der Waals surface area contributed by atoms with E-state index in [0.29, 0.717) is 11.3 Å². The van der Waals surface area contributed by atoms with Crippen LogP contribution in [0, 0.1) is 0 Å². The number of amides is 2. The zero-order chi connectivity index (χ0) is 27.8. The fraction of sp³-hybridized carbons (Fsp3) is 0.423. The van der Waals surface area contributed by atoms with Gasteiger partial charge in [-0.3, -0.25) is 10.1 Å². The molecule has 5 N–H and O–H groups in total. The first-order chi connectivity index (χ1) is 17.2. The summed E-state index contributed by atoms with van der Waals surface area (Å²) in [6.45, 7) is 4.89. The molecule has 0 heterocycles. The zero-order valence-electron chi connectivity index (χ0n) is 21.2. The van der Waals surface area contributed by atoms with Crippen LogP contribution < -0.4 is 16.4 Å². The Balaban J connectivity index is 2.28. The predicted octanol–water partition coefficient (Wildman–Crippen LogP) is 3.96. The van der Waals surface area contributed by atoms with Gasteiger partial charge in [0.05, 0.1) is 18.5 Å². The van der Waals surface area contributed by atoms with E-state index in [1.807, 2.05) is 0 Å². The molecule has 2 amide bonds. The quantitative estimate of drug-likeness (QED) is 0.371. The second-order valence-electron chi connectivity index (χ2n) is 9.48. The standard InChI is InChI=1S/C26H33F2N3O6/c1-16(32)20(18-10-12-19(13-11-18)30-24(35)37-25(2,3)4)21(22(33)26(27,28)15-29)31-23(34)36-14-17-8-6-5-7-9-17/h5-13,20-22,33H,14-15,29H2,1-4H3,(H,30,35)(H,31,34). The Labute approximate surface area is 214 Å². The van der Waals surface area contributed by atoms with Crippen LogP contribution in [0.25, 0.3) is 0 Å². The second-order valence-corrected chi connectivity index (χ2v) is 9.48. The van der Waals surface area contributed by atoms with E-state index in [0.717, 1.165) is 6.92 Å². The molecule has 11 heteroatoms. The average Bonchev–Trinajstić information content (AvgIpc) is 2.82. The van der Waals surface area contributed by atoms with Gasteiger partial charge in [-0.25, -0.2) is 18.4 Å². The van der Waals surface area contributed by atoms with Crippen LogP contribution >= 0.6 is 0 Å². The fourth-order valence-corrected chi connectivity index (χ4v) is 3.52. The maximum absolute atomic E-state index is 14.4. The number of halogens is 2. The summed E-state index contributed by atoms with van der Waals surface area (Å²) in [7, 11) is 0. The molecule has 0 aromatic heterocycles. The number of aliphatic hydroxyl groups excluding tert-OH is 1. The van der Waals surface area contributed by atoms with Crippen LogP contribution in [0.3, 0.4) is 0 Å². The normalized spacial score (nSPS) is 14.2. The highest BCUT2D eigenvalue weighted by Crippen LogP contribution is 2.31. The lowest BCUT2D eigenvalue weighted by Crippen LogP contribution is -2.57. The fourth-order valence-electron chi connectivity index (χ4n) is 3.52. The van der Waals surface area contributed by atoms with E-state index in [4.69, 9.17) is 15.2 Å². The highest BCUT2D eigenvalue weighted by atomic mass is 19.3. The number of nitrogens with one attached hydrogen (secondary N) is 2. The van der Waals surface area contributed by atoms with Gasteiger partial charge >= 0.3 is 12.2 Å². The molecule has 0 aliphatic carbocycles. The van der Waals surface area contributed by atoms with Crippen molar-refractivity contribution in [3.8, 4) is 0 Å². The number of aliphatic hydroxyl groups is 1. The van der Waals surface area contributed by atoms with Crippen molar-refractivity contribution in [1.82, 2.24) is 5.32 Å². The molecule has 9 nitrogen and oxygen atoms in total. The molecule has 0 fully saturated rings. The van der Waals surface area contributed by atoms with Crippen molar-refractivity contribution < 1.29 is 37.7 Å². The SMILES string of the molecule is CC(=O)C(c1ccc(NC(=O)OC(C)(C)C)cc1)C(NC(=O)OCc1ccccc1)C(O)C(F)(F)CN. The minimum absolute atomic E-state index is 0.154. The van der Waals surface area contributed by atoms with Crippen LogP contribution in [0.1, 0.15) is 44.7 Å². The molecular weight excluding hydrogens is 488 g/mol. The summed E-state index contributed by atoms with van der Waals surface area (Å²) < 4.78 is 39.2. The Kier molecular flexibility index (Phi) is 10.1. The molecule has 0 radical (unpaired) electrons. The number of Topliss-reactive ketones (excluding diaryl/α,β-unsaturated/α-hetero) is 1. The Morgan fingerprint density at radius 1 is 1.00 bits per heavy atom. The molecule has 0 bridgehead atoms. The van der Waals surface area contributed by atoms with Gasteiger partial charge in [0, 0.05) is 5.69 Å². The molecule has 2 aromatic rings. The minimum Gasteiger partial charge on any atom is -0.445 e. The molecule has 37 heavy (non-hydrogen) atoms. The topological polar surface area (TPSA) is 140 Å². The van der Waals surface area contributed by atoms with E-state index in [9.17, 15) is 28.3 Å². The molecule has 2 aromatic carbocycles. The minimum atomic E-state index is -3.82. The first-order valence-corrected chi connectivity index (χ1v) is 11.6. The van der Waals surface area contributed by atoms with Gasteiger partial charge in [-0.15, -0.1) is 0 Å². The van der Waals surface area contributed by atoms with Gasteiger partial charge in [-0.05, 0) is 51.0 Å². The Hall–Kier alpha value is -3.57. The second kappa shape index (κ2) is 12.6. The van der Waals surface area contributed by atoms with Crippen LogP contribution in [0.4, 0.5) is 24.1 Å². The number of benzene rings is 2. The monoisotopic (exact) mass is 521 g/mol. The molecule has 202 valence electrons. The maximum Gasteiger partial charge on any atom is 0.412 e. The number of nitrogens with two attached hydrogens (primary N) is 1. The Morgan fingerprint density at radius 3 is 2.11 bits per heavy atom. The van der Waals surface area contributed by atoms with Crippen LogP contribution in [0.5, 0.6) is 0 Å². The van der Waals surface area contributed by atoms with E-state index >= 15 is 0 Å². The Morgan fingerprint density at radius 2 is 1.59 bits per heavy atom. The highest BCUT2D eigenvalue weighted by Gasteiger charge is 2.47. The number of carbonyl (C=O) groups excluding carboxylic acids is 3. The number of hydrogen-bond donors (Lipinski definition) is 4. The lowest BCUT2D eigenvalue weighted by Gasteiger charge is -2.34. The number of anilines is 1. The van der Waals surface area contributed by atoms with E-state index in [2.05, 4.69) is 10.6 Å². The number of alkyl halides is 2.